The van der Waals surface area contributed by atoms with E-state index in [9.17, 15) is 0 Å². The Kier molecular flexibility index (Phi) is 10.0. The Morgan fingerprint density at radius 2 is 1.42 bits per heavy atom. The maximum absolute atomic E-state index is 15.5. The van der Waals surface area contributed by atoms with Crippen molar-refractivity contribution in [1.29, 1.82) is 0 Å². The van der Waals surface area contributed by atoms with Crippen LogP contribution in [0.1, 0.15) is 119 Å². The van der Waals surface area contributed by atoms with Crippen LogP contribution < -0.4 is 0 Å². The first-order valence-electron chi connectivity index (χ1n) is 14.5. The van der Waals surface area contributed by atoms with Crippen LogP contribution in [0.25, 0.3) is 10.8 Å². The number of halogens is 1. The molecule has 0 nitrogen and oxygen atoms in total. The van der Waals surface area contributed by atoms with E-state index >= 15 is 4.39 Å². The third-order valence-corrected chi connectivity index (χ3v) is 8.11. The van der Waals surface area contributed by atoms with Crippen LogP contribution in [0.3, 0.4) is 0 Å². The van der Waals surface area contributed by atoms with Crippen molar-refractivity contribution in [1.82, 2.24) is 0 Å². The SMILES string of the molecule is CCCCCCc1ccc(C#Cc2ccc3c(F)c(C4CCC(CCCCC)CC4)ccc3c2)cc1. The zero-order valence-corrected chi connectivity index (χ0v) is 22.4. The summed E-state index contributed by atoms with van der Waals surface area (Å²) in [6.07, 6.45) is 16.4. The number of benzene rings is 3. The van der Waals surface area contributed by atoms with Gasteiger partial charge in [-0.2, -0.15) is 0 Å². The molecule has 0 spiro atoms. The molecule has 36 heavy (non-hydrogen) atoms. The number of rotatable bonds is 10. The smallest absolute Gasteiger partial charge is 0.134 e. The van der Waals surface area contributed by atoms with Crippen LogP contribution in [0.5, 0.6) is 0 Å². The molecule has 3 aromatic carbocycles. The first-order chi connectivity index (χ1) is 17.7. The fourth-order valence-corrected chi connectivity index (χ4v) is 5.80. The lowest BCUT2D eigenvalue weighted by atomic mass is 9.76. The van der Waals surface area contributed by atoms with E-state index < -0.39 is 0 Å². The van der Waals surface area contributed by atoms with Crippen LogP contribution in [0.2, 0.25) is 0 Å². The topological polar surface area (TPSA) is 0 Å². The van der Waals surface area contributed by atoms with Crippen molar-refractivity contribution in [3.8, 4) is 11.8 Å². The molecule has 0 saturated heterocycles. The molecule has 0 N–H and O–H groups in total. The highest BCUT2D eigenvalue weighted by atomic mass is 19.1. The van der Waals surface area contributed by atoms with E-state index in [1.807, 2.05) is 24.3 Å². The van der Waals surface area contributed by atoms with Crippen LogP contribution in [0, 0.1) is 23.6 Å². The van der Waals surface area contributed by atoms with Crippen molar-refractivity contribution < 1.29 is 4.39 Å². The lowest BCUT2D eigenvalue weighted by molar-refractivity contribution is 0.299. The predicted octanol–water partition coefficient (Wildman–Crippen LogP) is 10.4. The summed E-state index contributed by atoms with van der Waals surface area (Å²) in [5.74, 6) is 7.76. The van der Waals surface area contributed by atoms with Crippen LogP contribution in [0.15, 0.2) is 54.6 Å². The van der Waals surface area contributed by atoms with E-state index in [1.165, 1.54) is 69.8 Å². The third kappa shape index (κ3) is 7.22. The van der Waals surface area contributed by atoms with Gasteiger partial charge in [-0.05, 0) is 91.1 Å². The summed E-state index contributed by atoms with van der Waals surface area (Å²) < 4.78 is 15.5. The molecular weight excluding hydrogens is 439 g/mol. The van der Waals surface area contributed by atoms with Gasteiger partial charge in [-0.25, -0.2) is 4.39 Å². The first kappa shape index (κ1) is 26.5. The molecule has 3 aromatic rings. The van der Waals surface area contributed by atoms with Crippen molar-refractivity contribution in [2.24, 2.45) is 5.92 Å². The molecule has 1 aliphatic rings. The molecule has 4 rings (SSSR count). The highest BCUT2D eigenvalue weighted by molar-refractivity contribution is 5.85. The van der Waals surface area contributed by atoms with E-state index in [2.05, 4.69) is 56.0 Å². The maximum atomic E-state index is 15.5. The third-order valence-electron chi connectivity index (χ3n) is 8.11. The van der Waals surface area contributed by atoms with Crippen molar-refractivity contribution in [3.05, 3.63) is 82.7 Å². The lowest BCUT2D eigenvalue weighted by Crippen LogP contribution is -2.14. The molecule has 1 saturated carbocycles. The molecule has 0 radical (unpaired) electrons. The predicted molar refractivity (Wildman–Crippen MR) is 153 cm³/mol. The van der Waals surface area contributed by atoms with Gasteiger partial charge in [-0.1, -0.05) is 101 Å². The van der Waals surface area contributed by atoms with Crippen LogP contribution >= 0.6 is 0 Å². The normalized spacial score (nSPS) is 17.6. The molecule has 1 fully saturated rings. The summed E-state index contributed by atoms with van der Waals surface area (Å²) in [4.78, 5) is 0. The van der Waals surface area contributed by atoms with E-state index in [-0.39, 0.29) is 5.82 Å². The minimum atomic E-state index is -0.0176. The second kappa shape index (κ2) is 13.6. The molecule has 0 aromatic heterocycles. The van der Waals surface area contributed by atoms with Gasteiger partial charge in [0.1, 0.15) is 5.82 Å². The number of hydrogen-bond donors (Lipinski definition) is 0. The largest absolute Gasteiger partial charge is 0.206 e. The Morgan fingerprint density at radius 1 is 0.722 bits per heavy atom. The maximum Gasteiger partial charge on any atom is 0.134 e. The van der Waals surface area contributed by atoms with Gasteiger partial charge in [0.05, 0.1) is 0 Å². The van der Waals surface area contributed by atoms with Crippen molar-refractivity contribution >= 4 is 10.8 Å². The molecule has 0 unspecified atom stereocenters. The Bertz CT molecular complexity index is 1150. The molecule has 190 valence electrons. The molecule has 0 aliphatic heterocycles. The lowest BCUT2D eigenvalue weighted by Gasteiger charge is -2.29. The summed E-state index contributed by atoms with van der Waals surface area (Å²) in [6.45, 7) is 4.52. The molecule has 1 aliphatic carbocycles. The number of fused-ring (bicyclic) bond motifs is 1. The highest BCUT2D eigenvalue weighted by Crippen LogP contribution is 2.40. The Morgan fingerprint density at radius 3 is 2.17 bits per heavy atom. The van der Waals surface area contributed by atoms with E-state index in [4.69, 9.17) is 0 Å². The molecular formula is C35H43F. The van der Waals surface area contributed by atoms with Gasteiger partial charge in [-0.15, -0.1) is 0 Å². The number of hydrogen-bond acceptors (Lipinski definition) is 0. The van der Waals surface area contributed by atoms with Gasteiger partial charge in [0, 0.05) is 16.5 Å². The van der Waals surface area contributed by atoms with Crippen LogP contribution in [0.4, 0.5) is 4.39 Å². The summed E-state index contributed by atoms with van der Waals surface area (Å²) in [5.41, 5.74) is 4.27. The molecule has 0 bridgehead atoms. The van der Waals surface area contributed by atoms with Crippen molar-refractivity contribution in [2.45, 2.75) is 103 Å². The van der Waals surface area contributed by atoms with Gasteiger partial charge in [-0.3, -0.25) is 0 Å². The molecule has 0 atom stereocenters. The first-order valence-corrected chi connectivity index (χ1v) is 14.5. The average Bonchev–Trinajstić information content (AvgIpc) is 2.91. The number of aryl methyl sites for hydroxylation is 1. The van der Waals surface area contributed by atoms with Gasteiger partial charge in [0.15, 0.2) is 0 Å². The molecule has 0 heterocycles. The quantitative estimate of drug-likeness (QED) is 0.199. The van der Waals surface area contributed by atoms with Crippen molar-refractivity contribution in [3.63, 3.8) is 0 Å². The summed E-state index contributed by atoms with van der Waals surface area (Å²) in [5, 5.41) is 1.68. The fraction of sp³-hybridized carbons (Fsp3) is 0.486. The zero-order chi connectivity index (χ0) is 25.2. The van der Waals surface area contributed by atoms with Crippen LogP contribution in [-0.2, 0) is 6.42 Å². The average molecular weight is 483 g/mol. The Hall–Kier alpha value is -2.59. The van der Waals surface area contributed by atoms with E-state index in [0.29, 0.717) is 5.92 Å². The number of unbranched alkanes of at least 4 members (excludes halogenated alkanes) is 5. The summed E-state index contributed by atoms with van der Waals surface area (Å²) in [7, 11) is 0. The van der Waals surface area contributed by atoms with Gasteiger partial charge < -0.3 is 0 Å². The van der Waals surface area contributed by atoms with Gasteiger partial charge in [0.2, 0.25) is 0 Å². The molecule has 0 amide bonds. The molecule has 1 heteroatoms. The van der Waals surface area contributed by atoms with Gasteiger partial charge >= 0.3 is 0 Å². The minimum absolute atomic E-state index is 0.0176. The summed E-state index contributed by atoms with van der Waals surface area (Å²) in [6, 6.07) is 18.7. The Balaban J connectivity index is 1.38. The second-order valence-corrected chi connectivity index (χ2v) is 10.9. The van der Waals surface area contributed by atoms with E-state index in [1.54, 1.807) is 0 Å². The standard InChI is InChI=1S/C35H43F/c1-3-5-7-9-11-27-12-14-29(15-13-27)16-17-30-20-24-34-32(26-30)23-25-33(35(34)36)31-21-18-28(19-22-31)10-8-6-4-2/h12-15,20,23-26,28,31H,3-11,18-19,21-22H2,1-2H3. The monoisotopic (exact) mass is 482 g/mol. The fourth-order valence-electron chi connectivity index (χ4n) is 5.80. The highest BCUT2D eigenvalue weighted by Gasteiger charge is 2.24. The summed E-state index contributed by atoms with van der Waals surface area (Å²) >= 11 is 0. The second-order valence-electron chi connectivity index (χ2n) is 10.9. The zero-order valence-electron chi connectivity index (χ0n) is 22.4. The Labute approximate surface area is 218 Å². The van der Waals surface area contributed by atoms with Gasteiger partial charge in [0.25, 0.3) is 0 Å². The van der Waals surface area contributed by atoms with Crippen LogP contribution in [-0.4, -0.2) is 0 Å². The van der Waals surface area contributed by atoms with Crippen molar-refractivity contribution in [2.75, 3.05) is 0 Å². The van der Waals surface area contributed by atoms with E-state index in [0.717, 1.165) is 52.6 Å². The minimum Gasteiger partial charge on any atom is -0.206 e.